The quantitative estimate of drug-likeness (QED) is 0.697. The topological polar surface area (TPSA) is 30.2 Å². The molecule has 0 bridgehead atoms. The predicted octanol–water partition coefficient (Wildman–Crippen LogP) is 3.51. The third-order valence-corrected chi connectivity index (χ3v) is 2.62. The van der Waals surface area contributed by atoms with Gasteiger partial charge in [-0.15, -0.1) is 0 Å². The molecule has 0 aliphatic rings. The molecule has 0 aliphatic heterocycles. The average Bonchev–Trinajstić information content (AvgIpc) is 2.55. The van der Waals surface area contributed by atoms with E-state index in [1.807, 2.05) is 32.0 Å². The number of furan rings is 1. The van der Waals surface area contributed by atoms with Gasteiger partial charge in [-0.3, -0.25) is 4.79 Å². The maximum atomic E-state index is 11.4. The molecule has 0 aliphatic carbocycles. The molecular weight excluding hydrogens is 188 g/mol. The molecule has 2 heteroatoms. The van der Waals surface area contributed by atoms with E-state index < -0.39 is 0 Å². The molecule has 15 heavy (non-hydrogen) atoms. The van der Waals surface area contributed by atoms with Gasteiger partial charge in [-0.1, -0.05) is 19.1 Å². The van der Waals surface area contributed by atoms with E-state index in [1.54, 1.807) is 6.92 Å². The summed E-state index contributed by atoms with van der Waals surface area (Å²) in [7, 11) is 0. The second-order valence-electron chi connectivity index (χ2n) is 3.82. The largest absolute Gasteiger partial charge is 0.453 e. The van der Waals surface area contributed by atoms with Crippen LogP contribution in [0.4, 0.5) is 0 Å². The summed E-state index contributed by atoms with van der Waals surface area (Å²) < 4.78 is 5.58. The Bertz CT molecular complexity index is 521. The average molecular weight is 202 g/mol. The number of fused-ring (bicyclic) bond motifs is 1. The van der Waals surface area contributed by atoms with E-state index in [-0.39, 0.29) is 5.78 Å². The summed E-state index contributed by atoms with van der Waals surface area (Å²) in [5, 5.41) is 1.06. The number of aryl methyl sites for hydroxylation is 2. The molecule has 78 valence electrons. The number of ketones is 1. The van der Waals surface area contributed by atoms with Crippen molar-refractivity contribution < 1.29 is 9.21 Å². The highest BCUT2D eigenvalue weighted by Gasteiger charge is 2.15. The van der Waals surface area contributed by atoms with E-state index in [4.69, 9.17) is 4.42 Å². The van der Waals surface area contributed by atoms with Crippen molar-refractivity contribution in [3.8, 4) is 0 Å². The van der Waals surface area contributed by atoms with Crippen LogP contribution in [0.2, 0.25) is 0 Å². The van der Waals surface area contributed by atoms with Gasteiger partial charge < -0.3 is 4.42 Å². The van der Waals surface area contributed by atoms with Crippen LogP contribution >= 0.6 is 0 Å². The number of hydrogen-bond donors (Lipinski definition) is 0. The fourth-order valence-electron chi connectivity index (χ4n) is 1.89. The van der Waals surface area contributed by atoms with Crippen LogP contribution in [0.3, 0.4) is 0 Å². The van der Waals surface area contributed by atoms with E-state index in [9.17, 15) is 4.79 Å². The Morgan fingerprint density at radius 2 is 2.13 bits per heavy atom. The molecule has 0 unspecified atom stereocenters. The number of benzene rings is 1. The standard InChI is InChI=1S/C13H14O2/c1-4-10-11-6-5-8(2)7-12(11)15-13(10)9(3)14/h5-7H,4H2,1-3H3. The summed E-state index contributed by atoms with van der Waals surface area (Å²) in [6.45, 7) is 5.60. The molecule has 1 heterocycles. The molecular formula is C13H14O2. The molecule has 0 atom stereocenters. The maximum Gasteiger partial charge on any atom is 0.195 e. The minimum atomic E-state index is 0.000651. The molecule has 2 nitrogen and oxygen atoms in total. The highest BCUT2D eigenvalue weighted by atomic mass is 16.3. The van der Waals surface area contributed by atoms with Gasteiger partial charge in [0.05, 0.1) is 0 Å². The summed E-state index contributed by atoms with van der Waals surface area (Å²) in [4.78, 5) is 11.4. The van der Waals surface area contributed by atoms with Crippen molar-refractivity contribution in [1.82, 2.24) is 0 Å². The first kappa shape index (κ1) is 9.97. The van der Waals surface area contributed by atoms with E-state index in [0.29, 0.717) is 5.76 Å². The van der Waals surface area contributed by atoms with Gasteiger partial charge in [-0.2, -0.15) is 0 Å². The molecule has 0 N–H and O–H groups in total. The first-order valence-electron chi connectivity index (χ1n) is 5.16. The number of carbonyl (C=O) groups excluding carboxylic acids is 1. The van der Waals surface area contributed by atoms with Crippen molar-refractivity contribution in [2.24, 2.45) is 0 Å². The van der Waals surface area contributed by atoms with Crippen LogP contribution in [0.25, 0.3) is 11.0 Å². The normalized spacial score (nSPS) is 10.9. The summed E-state index contributed by atoms with van der Waals surface area (Å²) in [5.41, 5.74) is 2.99. The van der Waals surface area contributed by atoms with Gasteiger partial charge in [0.2, 0.25) is 0 Å². The number of hydrogen-bond acceptors (Lipinski definition) is 2. The lowest BCUT2D eigenvalue weighted by Crippen LogP contribution is -1.93. The lowest BCUT2D eigenvalue weighted by Gasteiger charge is -1.94. The second-order valence-corrected chi connectivity index (χ2v) is 3.82. The third kappa shape index (κ3) is 1.56. The summed E-state index contributed by atoms with van der Waals surface area (Å²) >= 11 is 0. The molecule has 2 aromatic rings. The zero-order chi connectivity index (χ0) is 11.0. The first-order chi connectivity index (χ1) is 7.13. The van der Waals surface area contributed by atoms with Crippen LogP contribution in [0.1, 0.15) is 35.5 Å². The molecule has 1 aromatic heterocycles. The fourth-order valence-corrected chi connectivity index (χ4v) is 1.89. The van der Waals surface area contributed by atoms with Crippen molar-refractivity contribution >= 4 is 16.8 Å². The van der Waals surface area contributed by atoms with Crippen molar-refractivity contribution in [2.75, 3.05) is 0 Å². The summed E-state index contributed by atoms with van der Waals surface area (Å²) in [6.07, 6.45) is 0.824. The van der Waals surface area contributed by atoms with Crippen molar-refractivity contribution in [2.45, 2.75) is 27.2 Å². The Morgan fingerprint density at radius 3 is 2.73 bits per heavy atom. The fraction of sp³-hybridized carbons (Fsp3) is 0.308. The third-order valence-electron chi connectivity index (χ3n) is 2.62. The minimum Gasteiger partial charge on any atom is -0.453 e. The van der Waals surface area contributed by atoms with Crippen molar-refractivity contribution in [3.63, 3.8) is 0 Å². The van der Waals surface area contributed by atoms with Gasteiger partial charge >= 0.3 is 0 Å². The minimum absolute atomic E-state index is 0.000651. The molecule has 0 radical (unpaired) electrons. The Hall–Kier alpha value is -1.57. The van der Waals surface area contributed by atoms with Crippen LogP contribution in [-0.4, -0.2) is 5.78 Å². The van der Waals surface area contributed by atoms with Crippen LogP contribution in [0, 0.1) is 6.92 Å². The first-order valence-corrected chi connectivity index (χ1v) is 5.16. The Kier molecular flexibility index (Phi) is 2.35. The zero-order valence-corrected chi connectivity index (χ0v) is 9.26. The monoisotopic (exact) mass is 202 g/mol. The van der Waals surface area contributed by atoms with Crippen molar-refractivity contribution in [3.05, 3.63) is 35.1 Å². The predicted molar refractivity (Wildman–Crippen MR) is 60.3 cm³/mol. The molecule has 0 spiro atoms. The number of carbonyl (C=O) groups is 1. The Labute approximate surface area is 88.9 Å². The smallest absolute Gasteiger partial charge is 0.195 e. The van der Waals surface area contributed by atoms with Gasteiger partial charge in [0.25, 0.3) is 0 Å². The van der Waals surface area contributed by atoms with Gasteiger partial charge in [-0.05, 0) is 25.0 Å². The van der Waals surface area contributed by atoms with Gasteiger partial charge in [0.15, 0.2) is 11.5 Å². The number of Topliss-reactive ketones (excluding diaryl/α,β-unsaturated/α-hetero) is 1. The lowest BCUT2D eigenvalue weighted by atomic mass is 10.1. The van der Waals surface area contributed by atoms with Crippen molar-refractivity contribution in [1.29, 1.82) is 0 Å². The van der Waals surface area contributed by atoms with Crippen LogP contribution < -0.4 is 0 Å². The van der Waals surface area contributed by atoms with E-state index in [0.717, 1.165) is 28.5 Å². The Morgan fingerprint density at radius 1 is 1.40 bits per heavy atom. The van der Waals surface area contributed by atoms with Crippen LogP contribution in [-0.2, 0) is 6.42 Å². The van der Waals surface area contributed by atoms with Crippen LogP contribution in [0.5, 0.6) is 0 Å². The number of rotatable bonds is 2. The molecule has 0 amide bonds. The lowest BCUT2D eigenvalue weighted by molar-refractivity contribution is 0.0988. The molecule has 2 rings (SSSR count). The molecule has 1 aromatic carbocycles. The van der Waals surface area contributed by atoms with E-state index in [1.165, 1.54) is 0 Å². The van der Waals surface area contributed by atoms with Gasteiger partial charge in [0.1, 0.15) is 5.58 Å². The van der Waals surface area contributed by atoms with Gasteiger partial charge in [0, 0.05) is 17.9 Å². The molecule has 0 fully saturated rings. The zero-order valence-electron chi connectivity index (χ0n) is 9.26. The van der Waals surface area contributed by atoms with Crippen LogP contribution in [0.15, 0.2) is 22.6 Å². The highest BCUT2D eigenvalue weighted by Crippen LogP contribution is 2.27. The summed E-state index contributed by atoms with van der Waals surface area (Å²) in [5.74, 6) is 0.513. The molecule has 0 saturated carbocycles. The molecule has 0 saturated heterocycles. The SMILES string of the molecule is CCc1c(C(C)=O)oc2cc(C)ccc12. The van der Waals surface area contributed by atoms with Gasteiger partial charge in [-0.25, -0.2) is 0 Å². The van der Waals surface area contributed by atoms with E-state index in [2.05, 4.69) is 0 Å². The summed E-state index contributed by atoms with van der Waals surface area (Å²) in [6, 6.07) is 6.04. The second kappa shape index (κ2) is 3.54. The highest BCUT2D eigenvalue weighted by molar-refractivity contribution is 5.99. The Balaban J connectivity index is 2.78. The van der Waals surface area contributed by atoms with E-state index >= 15 is 0 Å². The maximum absolute atomic E-state index is 11.4.